The second-order valence-electron chi connectivity index (χ2n) is 5.81. The van der Waals surface area contributed by atoms with E-state index >= 15 is 0 Å². The van der Waals surface area contributed by atoms with Gasteiger partial charge in [-0.2, -0.15) is 0 Å². The Morgan fingerprint density at radius 2 is 2.04 bits per heavy atom. The molecule has 0 atom stereocenters. The molecule has 1 saturated heterocycles. The van der Waals surface area contributed by atoms with Crippen molar-refractivity contribution in [3.05, 3.63) is 30.0 Å². The highest BCUT2D eigenvalue weighted by Crippen LogP contribution is 2.17. The predicted molar refractivity (Wildman–Crippen MR) is 87.2 cm³/mol. The van der Waals surface area contributed by atoms with E-state index < -0.39 is 0 Å². The Bertz CT molecular complexity index is 635. The largest absolute Gasteiger partial charge is 0.379 e. The second-order valence-corrected chi connectivity index (χ2v) is 5.81. The van der Waals surface area contributed by atoms with Crippen LogP contribution in [0, 0.1) is 0 Å². The molecule has 1 aromatic heterocycles. The molecule has 0 unspecified atom stereocenters. The molecule has 0 radical (unpaired) electrons. The fourth-order valence-corrected chi connectivity index (χ4v) is 2.79. The predicted octanol–water partition coefficient (Wildman–Crippen LogP) is 1.60. The van der Waals surface area contributed by atoms with E-state index in [1.807, 2.05) is 24.3 Å². The number of carbonyl (C=O) groups excluding carboxylic acids is 1. The Kier molecular flexibility index (Phi) is 5.60. The average molecular weight is 317 g/mol. The SMILES string of the molecule is O=C(Cc1noc2ccccc12)NCCCCN1CCOCC1. The topological polar surface area (TPSA) is 67.6 Å². The van der Waals surface area contributed by atoms with Crippen molar-refractivity contribution in [2.24, 2.45) is 0 Å². The maximum absolute atomic E-state index is 12.0. The molecule has 1 aliphatic heterocycles. The Hall–Kier alpha value is -1.92. The van der Waals surface area contributed by atoms with Crippen molar-refractivity contribution >= 4 is 16.9 Å². The summed E-state index contributed by atoms with van der Waals surface area (Å²) in [4.78, 5) is 14.4. The number of hydrogen-bond acceptors (Lipinski definition) is 5. The normalized spacial score (nSPS) is 15.8. The number of amides is 1. The highest BCUT2D eigenvalue weighted by atomic mass is 16.5. The van der Waals surface area contributed by atoms with Gasteiger partial charge in [-0.05, 0) is 31.5 Å². The van der Waals surface area contributed by atoms with Crippen molar-refractivity contribution in [3.8, 4) is 0 Å². The van der Waals surface area contributed by atoms with E-state index in [0.717, 1.165) is 56.7 Å². The van der Waals surface area contributed by atoms with Gasteiger partial charge in [0.05, 0.1) is 19.6 Å². The molecule has 0 spiro atoms. The minimum atomic E-state index is -0.00424. The molecule has 23 heavy (non-hydrogen) atoms. The van der Waals surface area contributed by atoms with Gasteiger partial charge in [0.2, 0.25) is 5.91 Å². The molecule has 124 valence electrons. The molecule has 1 N–H and O–H groups in total. The van der Waals surface area contributed by atoms with Crippen molar-refractivity contribution in [2.75, 3.05) is 39.4 Å². The lowest BCUT2D eigenvalue weighted by Gasteiger charge is -2.26. The van der Waals surface area contributed by atoms with Crippen LogP contribution >= 0.6 is 0 Å². The maximum atomic E-state index is 12.0. The molecule has 1 amide bonds. The molecule has 2 aromatic rings. The van der Waals surface area contributed by atoms with Crippen LogP contribution in [0.25, 0.3) is 11.0 Å². The van der Waals surface area contributed by atoms with Gasteiger partial charge < -0.3 is 14.6 Å². The number of rotatable bonds is 7. The summed E-state index contributed by atoms with van der Waals surface area (Å²) >= 11 is 0. The lowest BCUT2D eigenvalue weighted by Crippen LogP contribution is -2.37. The maximum Gasteiger partial charge on any atom is 0.226 e. The van der Waals surface area contributed by atoms with Crippen molar-refractivity contribution in [3.63, 3.8) is 0 Å². The molecule has 0 saturated carbocycles. The highest BCUT2D eigenvalue weighted by Gasteiger charge is 2.12. The van der Waals surface area contributed by atoms with Gasteiger partial charge in [-0.3, -0.25) is 9.69 Å². The van der Waals surface area contributed by atoms with E-state index in [2.05, 4.69) is 15.4 Å². The van der Waals surface area contributed by atoms with E-state index in [1.54, 1.807) is 0 Å². The molecule has 3 rings (SSSR count). The van der Waals surface area contributed by atoms with E-state index in [0.29, 0.717) is 12.2 Å². The molecule has 0 bridgehead atoms. The number of benzene rings is 1. The zero-order chi connectivity index (χ0) is 15.9. The van der Waals surface area contributed by atoms with Crippen LogP contribution in [0.4, 0.5) is 0 Å². The number of nitrogens with zero attached hydrogens (tertiary/aromatic N) is 2. The van der Waals surface area contributed by atoms with Gasteiger partial charge >= 0.3 is 0 Å². The Balaban J connectivity index is 1.35. The molecule has 1 fully saturated rings. The fourth-order valence-electron chi connectivity index (χ4n) is 2.79. The Labute approximate surface area is 135 Å². The summed E-state index contributed by atoms with van der Waals surface area (Å²) in [7, 11) is 0. The first-order valence-electron chi connectivity index (χ1n) is 8.23. The fraction of sp³-hybridized carbons (Fsp3) is 0.529. The third kappa shape index (κ3) is 4.53. The van der Waals surface area contributed by atoms with E-state index in [1.165, 1.54) is 0 Å². The smallest absolute Gasteiger partial charge is 0.226 e. The number of aromatic nitrogens is 1. The van der Waals surface area contributed by atoms with Gasteiger partial charge in [-0.1, -0.05) is 17.3 Å². The van der Waals surface area contributed by atoms with Crippen LogP contribution < -0.4 is 5.32 Å². The van der Waals surface area contributed by atoms with E-state index in [-0.39, 0.29) is 12.3 Å². The van der Waals surface area contributed by atoms with E-state index in [4.69, 9.17) is 9.26 Å². The quantitative estimate of drug-likeness (QED) is 0.786. The summed E-state index contributed by atoms with van der Waals surface area (Å²) in [5, 5.41) is 7.86. The highest BCUT2D eigenvalue weighted by molar-refractivity contribution is 5.86. The van der Waals surface area contributed by atoms with Crippen LogP contribution in [-0.4, -0.2) is 55.4 Å². The van der Waals surface area contributed by atoms with Crippen molar-refractivity contribution in [2.45, 2.75) is 19.3 Å². The van der Waals surface area contributed by atoms with Crippen LogP contribution in [0.15, 0.2) is 28.8 Å². The molecule has 6 heteroatoms. The number of carbonyl (C=O) groups is 1. The van der Waals surface area contributed by atoms with Crippen LogP contribution in [0.2, 0.25) is 0 Å². The third-order valence-electron chi connectivity index (χ3n) is 4.11. The molecule has 0 aliphatic carbocycles. The molecule has 6 nitrogen and oxygen atoms in total. The van der Waals surface area contributed by atoms with Crippen molar-refractivity contribution in [1.29, 1.82) is 0 Å². The van der Waals surface area contributed by atoms with Gasteiger partial charge in [0.15, 0.2) is 5.58 Å². The standard InChI is InChI=1S/C17H23N3O3/c21-17(13-15-14-5-1-2-6-16(14)23-19-15)18-7-3-4-8-20-9-11-22-12-10-20/h1-2,5-6H,3-4,7-13H2,(H,18,21). The summed E-state index contributed by atoms with van der Waals surface area (Å²) < 4.78 is 10.5. The first-order valence-corrected chi connectivity index (χ1v) is 8.23. The number of fused-ring (bicyclic) bond motifs is 1. The van der Waals surface area contributed by atoms with E-state index in [9.17, 15) is 4.79 Å². The lowest BCUT2D eigenvalue weighted by molar-refractivity contribution is -0.120. The first-order chi connectivity index (χ1) is 11.3. The lowest BCUT2D eigenvalue weighted by atomic mass is 10.1. The number of hydrogen-bond donors (Lipinski definition) is 1. The monoisotopic (exact) mass is 317 g/mol. The van der Waals surface area contributed by atoms with Crippen LogP contribution in [0.3, 0.4) is 0 Å². The summed E-state index contributed by atoms with van der Waals surface area (Å²) in [6.45, 7) is 5.49. The molecular formula is C17H23N3O3. The summed E-state index contributed by atoms with van der Waals surface area (Å²) in [5.41, 5.74) is 1.42. The van der Waals surface area contributed by atoms with Gasteiger partial charge in [0.25, 0.3) is 0 Å². The van der Waals surface area contributed by atoms with Gasteiger partial charge in [0.1, 0.15) is 5.69 Å². The van der Waals surface area contributed by atoms with Crippen molar-refractivity contribution in [1.82, 2.24) is 15.4 Å². The summed E-state index contributed by atoms with van der Waals surface area (Å²) in [6, 6.07) is 7.60. The molecular weight excluding hydrogens is 294 g/mol. The van der Waals surface area contributed by atoms with Gasteiger partial charge in [-0.25, -0.2) is 0 Å². The minimum absolute atomic E-state index is 0.00424. The third-order valence-corrected chi connectivity index (χ3v) is 4.11. The average Bonchev–Trinajstić information content (AvgIpc) is 2.99. The molecule has 2 heterocycles. The van der Waals surface area contributed by atoms with Gasteiger partial charge in [-0.15, -0.1) is 0 Å². The van der Waals surface area contributed by atoms with Crippen molar-refractivity contribution < 1.29 is 14.1 Å². The summed E-state index contributed by atoms with van der Waals surface area (Å²) in [6.07, 6.45) is 2.34. The number of ether oxygens (including phenoxy) is 1. The Morgan fingerprint density at radius 3 is 2.91 bits per heavy atom. The number of morpholine rings is 1. The number of unbranched alkanes of at least 4 members (excludes halogenated alkanes) is 1. The molecule has 1 aromatic carbocycles. The zero-order valence-electron chi connectivity index (χ0n) is 13.3. The van der Waals surface area contributed by atoms with Crippen LogP contribution in [0.5, 0.6) is 0 Å². The second kappa shape index (κ2) is 8.08. The number of para-hydroxylation sites is 1. The minimum Gasteiger partial charge on any atom is -0.379 e. The van der Waals surface area contributed by atoms with Crippen LogP contribution in [-0.2, 0) is 16.0 Å². The first kappa shape index (κ1) is 16.0. The van der Waals surface area contributed by atoms with Gasteiger partial charge in [0, 0.05) is 25.0 Å². The summed E-state index contributed by atoms with van der Waals surface area (Å²) in [5.74, 6) is -0.00424. The zero-order valence-corrected chi connectivity index (χ0v) is 13.3. The molecule has 1 aliphatic rings. The Morgan fingerprint density at radius 1 is 1.22 bits per heavy atom. The number of nitrogens with one attached hydrogen (secondary N) is 1. The van der Waals surface area contributed by atoms with Crippen LogP contribution in [0.1, 0.15) is 18.5 Å².